The van der Waals surface area contributed by atoms with Crippen LogP contribution in [0.3, 0.4) is 0 Å². The van der Waals surface area contributed by atoms with Crippen LogP contribution in [0.15, 0.2) is 54.6 Å². The second-order valence-electron chi connectivity index (χ2n) is 10.4. The predicted octanol–water partition coefficient (Wildman–Crippen LogP) is 5.69. The minimum atomic E-state index is 0.232. The molecule has 0 bridgehead atoms. The van der Waals surface area contributed by atoms with E-state index in [4.69, 9.17) is 9.72 Å². The molecule has 0 spiro atoms. The number of hydrogen-bond donors (Lipinski definition) is 3. The first-order valence-electron chi connectivity index (χ1n) is 12.6. The molecule has 5 aromatic rings. The van der Waals surface area contributed by atoms with E-state index in [-0.39, 0.29) is 6.17 Å². The van der Waals surface area contributed by atoms with Crippen molar-refractivity contribution in [1.82, 2.24) is 30.6 Å². The Morgan fingerprint density at radius 3 is 2.58 bits per heavy atom. The van der Waals surface area contributed by atoms with Gasteiger partial charge in [-0.05, 0) is 40.6 Å². The molecule has 36 heavy (non-hydrogen) atoms. The summed E-state index contributed by atoms with van der Waals surface area (Å²) in [5.74, 6) is 2.65. The molecule has 0 amide bonds. The Balaban J connectivity index is 1.36. The van der Waals surface area contributed by atoms with Crippen LogP contribution in [-0.2, 0) is 0 Å². The van der Waals surface area contributed by atoms with Crippen LogP contribution in [0.25, 0.3) is 49.5 Å². The Hall–Kier alpha value is -4.13. The highest BCUT2D eigenvalue weighted by atomic mass is 16.5. The topological polar surface area (TPSA) is 87.8 Å². The molecule has 1 atom stereocenters. The number of imidazole rings is 1. The van der Waals surface area contributed by atoms with Crippen molar-refractivity contribution >= 4 is 38.4 Å². The molecule has 2 aromatic heterocycles. The number of hydrogen-bond acceptors (Lipinski definition) is 6. The van der Waals surface area contributed by atoms with Crippen LogP contribution in [0, 0.1) is 5.92 Å². The Bertz CT molecular complexity index is 1710. The Kier molecular flexibility index (Phi) is 4.52. The lowest BCUT2D eigenvalue weighted by molar-refractivity contribution is 0.331. The maximum absolute atomic E-state index is 6.17. The smallest absolute Gasteiger partial charge is 0.130 e. The lowest BCUT2D eigenvalue weighted by atomic mass is 9.96. The highest BCUT2D eigenvalue weighted by molar-refractivity contribution is 6.22. The van der Waals surface area contributed by atoms with Crippen LogP contribution < -0.4 is 15.4 Å². The third-order valence-corrected chi connectivity index (χ3v) is 7.34. The van der Waals surface area contributed by atoms with Crippen LogP contribution in [0.1, 0.15) is 45.0 Å². The summed E-state index contributed by atoms with van der Waals surface area (Å²) in [5.41, 5.74) is 8.46. The number of ether oxygens (including phenoxy) is 1. The molecule has 1 unspecified atom stereocenters. The molecule has 7 heteroatoms. The van der Waals surface area contributed by atoms with Gasteiger partial charge in [0.25, 0.3) is 0 Å². The summed E-state index contributed by atoms with van der Waals surface area (Å²) in [6.07, 6.45) is 3.74. The lowest BCUT2D eigenvalue weighted by Crippen LogP contribution is -2.37. The summed E-state index contributed by atoms with van der Waals surface area (Å²) in [4.78, 5) is 17.4. The van der Waals surface area contributed by atoms with E-state index in [0.717, 1.165) is 72.4 Å². The fraction of sp³-hybridized carbons (Fsp3) is 0.276. The van der Waals surface area contributed by atoms with Crippen molar-refractivity contribution in [1.29, 1.82) is 0 Å². The van der Waals surface area contributed by atoms with E-state index in [0.29, 0.717) is 18.4 Å². The minimum absolute atomic E-state index is 0.232. The molecule has 0 saturated heterocycles. The Morgan fingerprint density at radius 2 is 1.75 bits per heavy atom. The molecule has 2 aliphatic rings. The number of aromatic nitrogens is 4. The van der Waals surface area contributed by atoms with E-state index in [2.05, 4.69) is 89.7 Å². The summed E-state index contributed by atoms with van der Waals surface area (Å²) in [6, 6.07) is 13.0. The van der Waals surface area contributed by atoms with Gasteiger partial charge in [0, 0.05) is 28.5 Å². The van der Waals surface area contributed by atoms with Crippen molar-refractivity contribution in [3.05, 3.63) is 66.0 Å². The van der Waals surface area contributed by atoms with Crippen LogP contribution in [-0.4, -0.2) is 32.7 Å². The molecule has 3 N–H and O–H groups in total. The Morgan fingerprint density at radius 1 is 0.917 bits per heavy atom. The average Bonchev–Trinajstić information content (AvgIpc) is 3.54. The first-order chi connectivity index (χ1) is 17.5. The molecule has 0 aliphatic carbocycles. The van der Waals surface area contributed by atoms with Crippen molar-refractivity contribution in [3.8, 4) is 16.9 Å². The molecule has 4 heterocycles. The molecule has 0 saturated carbocycles. The fourth-order valence-corrected chi connectivity index (χ4v) is 5.31. The number of rotatable bonds is 3. The number of nitrogens with zero attached hydrogens (tertiary/aromatic N) is 3. The zero-order valence-electron chi connectivity index (χ0n) is 20.8. The van der Waals surface area contributed by atoms with Gasteiger partial charge < -0.3 is 20.4 Å². The van der Waals surface area contributed by atoms with Gasteiger partial charge in [-0.1, -0.05) is 45.9 Å². The number of nitrogens with one attached hydrogen (secondary N) is 3. The number of H-pyrrole nitrogens is 1. The number of aromatic amines is 1. The van der Waals surface area contributed by atoms with Crippen LogP contribution in [0.2, 0.25) is 0 Å². The van der Waals surface area contributed by atoms with Crippen molar-refractivity contribution in [2.75, 3.05) is 6.61 Å². The maximum Gasteiger partial charge on any atom is 0.130 e. The van der Waals surface area contributed by atoms with Crippen molar-refractivity contribution in [2.45, 2.75) is 39.8 Å². The van der Waals surface area contributed by atoms with Crippen molar-refractivity contribution in [3.63, 3.8) is 0 Å². The largest absolute Gasteiger partial charge is 0.487 e. The number of fused-ring (bicyclic) bond motifs is 8. The van der Waals surface area contributed by atoms with Crippen molar-refractivity contribution < 1.29 is 4.74 Å². The normalized spacial score (nSPS) is 17.0. The first-order valence-corrected chi connectivity index (χ1v) is 12.6. The molecule has 7 rings (SSSR count). The van der Waals surface area contributed by atoms with Gasteiger partial charge in [-0.25, -0.2) is 15.0 Å². The summed E-state index contributed by atoms with van der Waals surface area (Å²) >= 11 is 0. The monoisotopic (exact) mass is 476 g/mol. The molecular formula is C29H28N6O. The SMILES string of the molecule is CC(C)c1nc2c3ccc(-c4ccc5c(c4)OCC4=C5NC(C(C)C)N4)cc3c3cncnc3c2[nH]1. The van der Waals surface area contributed by atoms with Gasteiger partial charge in [-0.15, -0.1) is 0 Å². The van der Waals surface area contributed by atoms with E-state index >= 15 is 0 Å². The Labute approximate surface area is 209 Å². The standard InChI is InChI=1S/C29H28N6O/c1-14(2)28-32-22-12-36-23-10-17(6-8-19(23)24(22)33-28)16-5-7-18-20(9-16)21-11-30-13-31-25(21)27-26(18)34-29(35-27)15(3)4/h5-11,13-15,28,32-33H,12H2,1-4H3,(H,34,35). The molecule has 7 nitrogen and oxygen atoms in total. The van der Waals surface area contributed by atoms with E-state index in [9.17, 15) is 0 Å². The van der Waals surface area contributed by atoms with Gasteiger partial charge in [-0.2, -0.15) is 0 Å². The van der Waals surface area contributed by atoms with Crippen LogP contribution in [0.5, 0.6) is 5.75 Å². The zero-order valence-corrected chi connectivity index (χ0v) is 20.8. The van der Waals surface area contributed by atoms with Gasteiger partial charge in [-0.3, -0.25) is 0 Å². The van der Waals surface area contributed by atoms with Crippen LogP contribution >= 0.6 is 0 Å². The quantitative estimate of drug-likeness (QED) is 0.290. The first kappa shape index (κ1) is 21.2. The molecule has 0 radical (unpaired) electrons. The third-order valence-electron chi connectivity index (χ3n) is 7.34. The summed E-state index contributed by atoms with van der Waals surface area (Å²) in [6.45, 7) is 9.27. The van der Waals surface area contributed by atoms with Gasteiger partial charge in [0.2, 0.25) is 0 Å². The van der Waals surface area contributed by atoms with E-state index < -0.39 is 0 Å². The molecule has 3 aromatic carbocycles. The lowest BCUT2D eigenvalue weighted by Gasteiger charge is -2.20. The van der Waals surface area contributed by atoms with Crippen LogP contribution in [0.4, 0.5) is 0 Å². The minimum Gasteiger partial charge on any atom is -0.487 e. The molecule has 0 fully saturated rings. The summed E-state index contributed by atoms with van der Waals surface area (Å²) in [5, 5.41) is 10.4. The highest BCUT2D eigenvalue weighted by Crippen LogP contribution is 2.39. The zero-order chi connectivity index (χ0) is 24.6. The van der Waals surface area contributed by atoms with E-state index in [1.165, 1.54) is 0 Å². The second kappa shape index (κ2) is 7.68. The summed E-state index contributed by atoms with van der Waals surface area (Å²) in [7, 11) is 0. The van der Waals surface area contributed by atoms with Gasteiger partial charge in [0.1, 0.15) is 24.5 Å². The van der Waals surface area contributed by atoms with Crippen molar-refractivity contribution in [2.24, 2.45) is 5.92 Å². The average molecular weight is 477 g/mol. The maximum atomic E-state index is 6.17. The molecular weight excluding hydrogens is 448 g/mol. The van der Waals surface area contributed by atoms with Gasteiger partial charge >= 0.3 is 0 Å². The predicted molar refractivity (Wildman–Crippen MR) is 144 cm³/mol. The van der Waals surface area contributed by atoms with E-state index in [1.54, 1.807) is 6.33 Å². The molecule has 2 aliphatic heterocycles. The molecule has 180 valence electrons. The van der Waals surface area contributed by atoms with E-state index in [1.807, 2.05) is 6.20 Å². The van der Waals surface area contributed by atoms with Gasteiger partial charge in [0.15, 0.2) is 0 Å². The number of benzene rings is 3. The fourth-order valence-electron chi connectivity index (χ4n) is 5.31. The highest BCUT2D eigenvalue weighted by Gasteiger charge is 2.30. The third kappa shape index (κ3) is 3.08. The van der Waals surface area contributed by atoms with Gasteiger partial charge in [0.05, 0.1) is 34.1 Å². The summed E-state index contributed by atoms with van der Waals surface area (Å²) < 4.78 is 6.17. The second-order valence-corrected chi connectivity index (χ2v) is 10.4.